The van der Waals surface area contributed by atoms with Crippen LogP contribution in [0.15, 0.2) is 30.3 Å². The van der Waals surface area contributed by atoms with Crippen LogP contribution in [0.2, 0.25) is 0 Å². The van der Waals surface area contributed by atoms with Gasteiger partial charge < -0.3 is 14.4 Å². The zero-order valence-electron chi connectivity index (χ0n) is 11.5. The molecule has 0 spiro atoms. The van der Waals surface area contributed by atoms with E-state index in [-0.39, 0.29) is 5.60 Å². The van der Waals surface area contributed by atoms with Gasteiger partial charge in [-0.25, -0.2) is 4.79 Å². The Morgan fingerprint density at radius 3 is 2.63 bits per heavy atom. The Balaban J connectivity index is 2.29. The summed E-state index contributed by atoms with van der Waals surface area (Å²) in [5, 5.41) is 10.2. The Hall–Kier alpha value is -1.81. The number of fused-ring (bicyclic) bond motifs is 1. The van der Waals surface area contributed by atoms with Gasteiger partial charge in [0.15, 0.2) is 0 Å². The number of aromatic nitrogens is 1. The van der Waals surface area contributed by atoms with E-state index in [0.29, 0.717) is 18.8 Å². The highest BCUT2D eigenvalue weighted by Gasteiger charge is 2.15. The number of carboxylic acids is 1. The van der Waals surface area contributed by atoms with Crippen LogP contribution >= 0.6 is 0 Å². The molecule has 1 aromatic heterocycles. The van der Waals surface area contributed by atoms with E-state index in [4.69, 9.17) is 4.74 Å². The lowest BCUT2D eigenvalue weighted by atomic mass is 10.2. The molecule has 0 aliphatic heterocycles. The van der Waals surface area contributed by atoms with Crippen molar-refractivity contribution in [3.8, 4) is 0 Å². The Kier molecular flexibility index (Phi) is 3.62. The van der Waals surface area contributed by atoms with Gasteiger partial charge in [-0.05, 0) is 32.9 Å². The van der Waals surface area contributed by atoms with Crippen LogP contribution in [0.3, 0.4) is 0 Å². The standard InChI is InChI=1S/C15H19NO3/c1-15(2,3)19-9-8-16-12-7-5-4-6-11(12)10-13(16)14(17)18/h4-7,10H,8-9H2,1-3H3,(H,17,18). The number of rotatable bonds is 4. The zero-order chi connectivity index (χ0) is 14.0. The van der Waals surface area contributed by atoms with Crippen molar-refractivity contribution in [2.24, 2.45) is 0 Å². The lowest BCUT2D eigenvalue weighted by molar-refractivity contribution is -0.00667. The fourth-order valence-electron chi connectivity index (χ4n) is 2.07. The topological polar surface area (TPSA) is 51.5 Å². The molecule has 0 bridgehead atoms. The molecule has 4 nitrogen and oxygen atoms in total. The number of ether oxygens (including phenoxy) is 1. The summed E-state index contributed by atoms with van der Waals surface area (Å²) in [6.45, 7) is 6.98. The van der Waals surface area contributed by atoms with Crippen molar-refractivity contribution in [3.63, 3.8) is 0 Å². The molecule has 1 heterocycles. The predicted molar refractivity (Wildman–Crippen MR) is 74.6 cm³/mol. The minimum absolute atomic E-state index is 0.216. The first kappa shape index (κ1) is 13.6. The fraction of sp³-hybridized carbons (Fsp3) is 0.400. The van der Waals surface area contributed by atoms with Crippen LogP contribution in [-0.4, -0.2) is 27.9 Å². The van der Waals surface area contributed by atoms with Crippen LogP contribution in [-0.2, 0) is 11.3 Å². The monoisotopic (exact) mass is 261 g/mol. The molecule has 2 rings (SSSR count). The van der Waals surface area contributed by atoms with Crippen molar-refractivity contribution in [1.29, 1.82) is 0 Å². The molecule has 1 N–H and O–H groups in total. The van der Waals surface area contributed by atoms with E-state index in [2.05, 4.69) is 0 Å². The molecular formula is C15H19NO3. The summed E-state index contributed by atoms with van der Waals surface area (Å²) in [4.78, 5) is 11.3. The molecule has 0 saturated heterocycles. The highest BCUT2D eigenvalue weighted by Crippen LogP contribution is 2.20. The zero-order valence-corrected chi connectivity index (χ0v) is 11.5. The summed E-state index contributed by atoms with van der Waals surface area (Å²) in [6.07, 6.45) is 0. The van der Waals surface area contributed by atoms with Gasteiger partial charge >= 0.3 is 5.97 Å². The number of carboxylic acid groups (broad SMARTS) is 1. The lowest BCUT2D eigenvalue weighted by Gasteiger charge is -2.20. The lowest BCUT2D eigenvalue weighted by Crippen LogP contribution is -2.22. The molecule has 0 radical (unpaired) electrons. The van der Waals surface area contributed by atoms with E-state index in [1.807, 2.05) is 45.0 Å². The number of benzene rings is 1. The number of nitrogens with zero attached hydrogens (tertiary/aromatic N) is 1. The predicted octanol–water partition coefficient (Wildman–Crippen LogP) is 3.15. The molecule has 2 aromatic rings. The van der Waals surface area contributed by atoms with E-state index in [0.717, 1.165) is 10.9 Å². The van der Waals surface area contributed by atoms with Crippen molar-refractivity contribution >= 4 is 16.9 Å². The number of hydrogen-bond acceptors (Lipinski definition) is 2. The SMILES string of the molecule is CC(C)(C)OCCn1c(C(=O)O)cc2ccccc21. The molecule has 102 valence electrons. The van der Waals surface area contributed by atoms with Crippen LogP contribution < -0.4 is 0 Å². The van der Waals surface area contributed by atoms with E-state index in [9.17, 15) is 9.90 Å². The van der Waals surface area contributed by atoms with Gasteiger partial charge in [0.05, 0.1) is 12.2 Å². The van der Waals surface area contributed by atoms with Crippen LogP contribution in [0.1, 0.15) is 31.3 Å². The molecule has 0 fully saturated rings. The minimum Gasteiger partial charge on any atom is -0.477 e. The number of carbonyl (C=O) groups is 1. The Labute approximate surface area is 112 Å². The van der Waals surface area contributed by atoms with E-state index < -0.39 is 5.97 Å². The Morgan fingerprint density at radius 2 is 2.00 bits per heavy atom. The molecule has 0 unspecified atom stereocenters. The number of hydrogen-bond donors (Lipinski definition) is 1. The third kappa shape index (κ3) is 3.15. The van der Waals surface area contributed by atoms with Crippen molar-refractivity contribution in [3.05, 3.63) is 36.0 Å². The van der Waals surface area contributed by atoms with Gasteiger partial charge in [-0.2, -0.15) is 0 Å². The normalized spacial score (nSPS) is 11.9. The van der Waals surface area contributed by atoms with Gasteiger partial charge in [-0.15, -0.1) is 0 Å². The van der Waals surface area contributed by atoms with Gasteiger partial charge in [-0.3, -0.25) is 0 Å². The second-order valence-corrected chi connectivity index (χ2v) is 5.51. The first-order valence-electron chi connectivity index (χ1n) is 6.34. The van der Waals surface area contributed by atoms with Crippen molar-refractivity contribution in [1.82, 2.24) is 4.57 Å². The van der Waals surface area contributed by atoms with Crippen LogP contribution in [0, 0.1) is 0 Å². The van der Waals surface area contributed by atoms with Crippen LogP contribution in [0.4, 0.5) is 0 Å². The average Bonchev–Trinajstić information content (AvgIpc) is 2.67. The van der Waals surface area contributed by atoms with Gasteiger partial charge in [-0.1, -0.05) is 18.2 Å². The maximum atomic E-state index is 11.3. The Morgan fingerprint density at radius 1 is 1.32 bits per heavy atom. The molecule has 0 aliphatic carbocycles. The van der Waals surface area contributed by atoms with Crippen molar-refractivity contribution in [2.75, 3.05) is 6.61 Å². The Bertz CT molecular complexity index is 593. The summed E-state index contributed by atoms with van der Waals surface area (Å²) in [5.74, 6) is -0.910. The van der Waals surface area contributed by atoms with Crippen molar-refractivity contribution < 1.29 is 14.6 Å². The molecule has 0 amide bonds. The van der Waals surface area contributed by atoms with E-state index >= 15 is 0 Å². The molecule has 4 heteroatoms. The quantitative estimate of drug-likeness (QED) is 0.919. The minimum atomic E-state index is -0.910. The average molecular weight is 261 g/mol. The number of aromatic carboxylic acids is 1. The highest BCUT2D eigenvalue weighted by molar-refractivity contribution is 5.94. The molecule has 19 heavy (non-hydrogen) atoms. The van der Waals surface area contributed by atoms with E-state index in [1.165, 1.54) is 0 Å². The second-order valence-electron chi connectivity index (χ2n) is 5.51. The molecule has 0 aliphatic rings. The summed E-state index contributed by atoms with van der Waals surface area (Å²) in [6, 6.07) is 9.37. The summed E-state index contributed by atoms with van der Waals surface area (Å²) < 4.78 is 7.47. The van der Waals surface area contributed by atoms with Gasteiger partial charge in [0.25, 0.3) is 0 Å². The largest absolute Gasteiger partial charge is 0.477 e. The first-order chi connectivity index (χ1) is 8.88. The third-order valence-electron chi connectivity index (χ3n) is 2.88. The fourth-order valence-corrected chi connectivity index (χ4v) is 2.07. The maximum absolute atomic E-state index is 11.3. The molecular weight excluding hydrogens is 242 g/mol. The second kappa shape index (κ2) is 5.05. The highest BCUT2D eigenvalue weighted by atomic mass is 16.5. The van der Waals surface area contributed by atoms with Gasteiger partial charge in [0, 0.05) is 17.4 Å². The summed E-state index contributed by atoms with van der Waals surface area (Å²) in [5.41, 5.74) is 1.02. The molecule has 0 atom stereocenters. The van der Waals surface area contributed by atoms with Crippen molar-refractivity contribution in [2.45, 2.75) is 32.9 Å². The maximum Gasteiger partial charge on any atom is 0.352 e. The smallest absolute Gasteiger partial charge is 0.352 e. The molecule has 1 aromatic carbocycles. The van der Waals surface area contributed by atoms with E-state index in [1.54, 1.807) is 10.6 Å². The number of para-hydroxylation sites is 1. The molecule has 0 saturated carbocycles. The van der Waals surface area contributed by atoms with Crippen LogP contribution in [0.25, 0.3) is 10.9 Å². The van der Waals surface area contributed by atoms with Crippen LogP contribution in [0.5, 0.6) is 0 Å². The van der Waals surface area contributed by atoms with Gasteiger partial charge in [0.1, 0.15) is 5.69 Å². The summed E-state index contributed by atoms with van der Waals surface area (Å²) in [7, 11) is 0. The third-order valence-corrected chi connectivity index (χ3v) is 2.88. The first-order valence-corrected chi connectivity index (χ1v) is 6.34. The van der Waals surface area contributed by atoms with Gasteiger partial charge in [0.2, 0.25) is 0 Å². The summed E-state index contributed by atoms with van der Waals surface area (Å²) >= 11 is 0.